The molecule has 2 atom stereocenters. The van der Waals surface area contributed by atoms with E-state index in [0.717, 1.165) is 23.3 Å². The molecule has 0 saturated carbocycles. The average Bonchev–Trinajstić information content (AvgIpc) is 2.48. The molecule has 5 heteroatoms. The summed E-state index contributed by atoms with van der Waals surface area (Å²) in [6, 6.07) is 7.44. The molecule has 0 aliphatic carbocycles. The van der Waals surface area contributed by atoms with E-state index >= 15 is 0 Å². The molecule has 21 heavy (non-hydrogen) atoms. The van der Waals surface area contributed by atoms with E-state index in [0.29, 0.717) is 26.1 Å². The molecule has 1 aliphatic heterocycles. The van der Waals surface area contributed by atoms with Crippen molar-refractivity contribution in [2.24, 2.45) is 0 Å². The smallest absolute Gasteiger partial charge is 0.227 e. The van der Waals surface area contributed by atoms with Crippen molar-refractivity contribution < 1.29 is 13.7 Å². The van der Waals surface area contributed by atoms with E-state index < -0.39 is 10.8 Å². The van der Waals surface area contributed by atoms with E-state index in [9.17, 15) is 9.00 Å². The van der Waals surface area contributed by atoms with Crippen molar-refractivity contribution >= 4 is 16.7 Å². The van der Waals surface area contributed by atoms with Crippen molar-refractivity contribution in [2.75, 3.05) is 26.0 Å². The van der Waals surface area contributed by atoms with E-state index in [4.69, 9.17) is 4.74 Å². The summed E-state index contributed by atoms with van der Waals surface area (Å²) in [5, 5.41) is 0. The summed E-state index contributed by atoms with van der Waals surface area (Å²) in [5.74, 6) is 0.143. The van der Waals surface area contributed by atoms with Crippen LogP contribution in [0.3, 0.4) is 0 Å². The summed E-state index contributed by atoms with van der Waals surface area (Å²) >= 11 is 0. The van der Waals surface area contributed by atoms with Gasteiger partial charge in [-0.2, -0.15) is 0 Å². The number of nitrogens with zero attached hydrogens (tertiary/aromatic N) is 1. The zero-order chi connectivity index (χ0) is 15.2. The highest BCUT2D eigenvalue weighted by Crippen LogP contribution is 2.13. The first-order valence-corrected chi connectivity index (χ1v) is 8.97. The molecule has 1 heterocycles. The third-order valence-corrected chi connectivity index (χ3v) is 4.65. The lowest BCUT2D eigenvalue weighted by Gasteiger charge is -2.33. The maximum absolute atomic E-state index is 12.3. The maximum Gasteiger partial charge on any atom is 0.227 e. The van der Waals surface area contributed by atoms with Crippen LogP contribution < -0.4 is 0 Å². The molecule has 0 aromatic heterocycles. The highest BCUT2D eigenvalue weighted by atomic mass is 32.2. The van der Waals surface area contributed by atoms with Crippen LogP contribution in [0.25, 0.3) is 0 Å². The van der Waals surface area contributed by atoms with E-state index in [1.165, 1.54) is 0 Å². The second-order valence-corrected chi connectivity index (χ2v) is 6.78. The minimum atomic E-state index is -0.973. The minimum Gasteiger partial charge on any atom is -0.375 e. The third-order valence-electron chi connectivity index (χ3n) is 3.71. The third kappa shape index (κ3) is 4.64. The molecule has 4 nitrogen and oxygen atoms in total. The van der Waals surface area contributed by atoms with Crippen molar-refractivity contribution in [1.82, 2.24) is 4.90 Å². The van der Waals surface area contributed by atoms with Gasteiger partial charge in [-0.25, -0.2) is 0 Å². The van der Waals surface area contributed by atoms with Gasteiger partial charge in [0, 0.05) is 35.0 Å². The molecule has 0 bridgehead atoms. The molecule has 1 fully saturated rings. The van der Waals surface area contributed by atoms with Crippen LogP contribution in [0.1, 0.15) is 25.3 Å². The number of amides is 1. The van der Waals surface area contributed by atoms with Gasteiger partial charge < -0.3 is 9.64 Å². The van der Waals surface area contributed by atoms with Gasteiger partial charge in [0.15, 0.2) is 0 Å². The molecule has 1 aliphatic rings. The number of morpholine rings is 1. The Morgan fingerprint density at radius 3 is 2.71 bits per heavy atom. The molecule has 0 N–H and O–H groups in total. The predicted molar refractivity (Wildman–Crippen MR) is 83.7 cm³/mol. The number of carbonyl (C=O) groups excluding carboxylic acids is 1. The predicted octanol–water partition coefficient (Wildman–Crippen LogP) is 1.99. The maximum atomic E-state index is 12.3. The molecule has 1 saturated heterocycles. The van der Waals surface area contributed by atoms with Crippen LogP contribution in [0.4, 0.5) is 0 Å². The highest BCUT2D eigenvalue weighted by molar-refractivity contribution is 7.84. The van der Waals surface area contributed by atoms with Crippen LogP contribution in [0, 0.1) is 0 Å². The highest BCUT2D eigenvalue weighted by Gasteiger charge is 2.23. The molecule has 0 radical (unpaired) electrons. The van der Waals surface area contributed by atoms with Crippen molar-refractivity contribution in [3.05, 3.63) is 29.8 Å². The van der Waals surface area contributed by atoms with Crippen molar-refractivity contribution in [3.8, 4) is 0 Å². The van der Waals surface area contributed by atoms with Gasteiger partial charge in [-0.15, -0.1) is 0 Å². The van der Waals surface area contributed by atoms with Gasteiger partial charge in [0.05, 0.1) is 19.1 Å². The van der Waals surface area contributed by atoms with Gasteiger partial charge in [0.25, 0.3) is 0 Å². The number of benzene rings is 1. The number of hydrogen-bond donors (Lipinski definition) is 0. The van der Waals surface area contributed by atoms with Gasteiger partial charge >= 0.3 is 0 Å². The molecule has 0 spiro atoms. The summed E-state index contributed by atoms with van der Waals surface area (Å²) in [5.41, 5.74) is 0.965. The summed E-state index contributed by atoms with van der Waals surface area (Å²) in [7, 11) is -0.973. The Balaban J connectivity index is 1.92. The molecular formula is C16H23NO3S. The largest absolute Gasteiger partial charge is 0.375 e. The second-order valence-electron chi connectivity index (χ2n) is 5.40. The monoisotopic (exact) mass is 309 g/mol. The zero-order valence-corrected chi connectivity index (χ0v) is 13.5. The first kappa shape index (κ1) is 16.2. The van der Waals surface area contributed by atoms with Crippen LogP contribution in [0.5, 0.6) is 0 Å². The topological polar surface area (TPSA) is 46.6 Å². The van der Waals surface area contributed by atoms with Crippen molar-refractivity contribution in [2.45, 2.75) is 37.2 Å². The first-order valence-electron chi connectivity index (χ1n) is 7.42. The van der Waals surface area contributed by atoms with Crippen molar-refractivity contribution in [3.63, 3.8) is 0 Å². The molecular weight excluding hydrogens is 286 g/mol. The second kappa shape index (κ2) is 7.71. The zero-order valence-electron chi connectivity index (χ0n) is 12.7. The standard InChI is InChI=1S/C16H23NO3S/c1-3-4-14-12-17(9-10-20-14)16(18)11-13-5-7-15(8-6-13)21(2)19/h5-8,14H,3-4,9-12H2,1-2H3/t14-,21+/m0/s1. The summed E-state index contributed by atoms with van der Waals surface area (Å²) in [6.07, 6.45) is 4.30. The molecule has 0 unspecified atom stereocenters. The fraction of sp³-hybridized carbons (Fsp3) is 0.562. The lowest BCUT2D eigenvalue weighted by Crippen LogP contribution is -2.46. The van der Waals surface area contributed by atoms with Crippen LogP contribution in [0.15, 0.2) is 29.2 Å². The Morgan fingerprint density at radius 2 is 2.10 bits per heavy atom. The van der Waals surface area contributed by atoms with Crippen molar-refractivity contribution in [1.29, 1.82) is 0 Å². The molecule has 1 aromatic rings. The Morgan fingerprint density at radius 1 is 1.38 bits per heavy atom. The lowest BCUT2D eigenvalue weighted by atomic mass is 10.1. The Bertz CT molecular complexity index is 499. The van der Waals surface area contributed by atoms with Gasteiger partial charge in [0.1, 0.15) is 0 Å². The minimum absolute atomic E-state index is 0.143. The number of rotatable bonds is 5. The number of ether oxygens (including phenoxy) is 1. The summed E-state index contributed by atoms with van der Waals surface area (Å²) in [6.45, 7) is 4.13. The Labute approximate surface area is 128 Å². The van der Waals surface area contributed by atoms with Crippen LogP contribution in [-0.2, 0) is 26.8 Å². The van der Waals surface area contributed by atoms with E-state index in [2.05, 4.69) is 6.92 Å². The Hall–Kier alpha value is -1.20. The quantitative estimate of drug-likeness (QED) is 0.836. The van der Waals surface area contributed by atoms with Gasteiger partial charge in [-0.1, -0.05) is 25.5 Å². The van der Waals surface area contributed by atoms with Crippen LogP contribution >= 0.6 is 0 Å². The number of hydrogen-bond acceptors (Lipinski definition) is 3. The summed E-state index contributed by atoms with van der Waals surface area (Å²) in [4.78, 5) is 15.0. The van der Waals surface area contributed by atoms with Gasteiger partial charge in [-0.3, -0.25) is 9.00 Å². The summed E-state index contributed by atoms with van der Waals surface area (Å²) < 4.78 is 17.0. The average molecular weight is 309 g/mol. The molecule has 2 rings (SSSR count). The number of carbonyl (C=O) groups is 1. The molecule has 116 valence electrons. The van der Waals surface area contributed by atoms with Crippen LogP contribution in [-0.4, -0.2) is 47.1 Å². The Kier molecular flexibility index (Phi) is 5.94. The van der Waals surface area contributed by atoms with Gasteiger partial charge in [-0.05, 0) is 24.1 Å². The van der Waals surface area contributed by atoms with Crippen LogP contribution in [0.2, 0.25) is 0 Å². The molecule has 1 aromatic carbocycles. The SMILES string of the molecule is CCC[C@H]1CN(C(=O)Cc2ccc([S@@](C)=O)cc2)CCO1. The van der Waals surface area contributed by atoms with E-state index in [1.807, 2.05) is 29.2 Å². The van der Waals surface area contributed by atoms with E-state index in [-0.39, 0.29) is 12.0 Å². The normalized spacial score (nSPS) is 20.3. The first-order chi connectivity index (χ1) is 10.1. The van der Waals surface area contributed by atoms with Gasteiger partial charge in [0.2, 0.25) is 5.91 Å². The fourth-order valence-electron chi connectivity index (χ4n) is 2.53. The fourth-order valence-corrected chi connectivity index (χ4v) is 3.05. The molecule has 1 amide bonds. The lowest BCUT2D eigenvalue weighted by molar-refractivity contribution is -0.138. The van der Waals surface area contributed by atoms with E-state index in [1.54, 1.807) is 6.26 Å².